The quantitative estimate of drug-likeness (QED) is 0.691. The molecule has 3 N–H and O–H groups in total. The molecule has 3 rings (SSSR count). The first-order chi connectivity index (χ1) is 9.90. The van der Waals surface area contributed by atoms with Crippen molar-refractivity contribution in [2.75, 3.05) is 6.61 Å². The number of halogens is 3. The first kappa shape index (κ1) is 15.1. The fourth-order valence-electron chi connectivity index (χ4n) is 2.32. The van der Waals surface area contributed by atoms with Gasteiger partial charge in [0, 0.05) is 6.07 Å². The van der Waals surface area contributed by atoms with E-state index in [2.05, 4.69) is 20.9 Å². The maximum atomic E-state index is 13.5. The summed E-state index contributed by atoms with van der Waals surface area (Å²) < 4.78 is 20.6. The Morgan fingerprint density at radius 3 is 2.76 bits per heavy atom. The topological polar surface area (TPSA) is 87.7 Å². The third kappa shape index (κ3) is 2.45. The van der Waals surface area contributed by atoms with Gasteiger partial charge in [-0.05, 0) is 22.0 Å². The molecule has 0 radical (unpaired) electrons. The van der Waals surface area contributed by atoms with E-state index in [0.717, 1.165) is 0 Å². The third-order valence-corrected chi connectivity index (χ3v) is 4.27. The van der Waals surface area contributed by atoms with E-state index in [9.17, 15) is 19.7 Å². The lowest BCUT2D eigenvalue weighted by Gasteiger charge is -2.36. The number of aromatic nitrogens is 2. The number of aliphatic hydroxyl groups excluding tert-OH is 3. The van der Waals surface area contributed by atoms with Crippen LogP contribution in [0.25, 0.3) is 11.0 Å². The van der Waals surface area contributed by atoms with Gasteiger partial charge >= 0.3 is 0 Å². The summed E-state index contributed by atoms with van der Waals surface area (Å²) in [5.41, 5.74) is 0.751. The minimum absolute atomic E-state index is 0.0953. The van der Waals surface area contributed by atoms with E-state index in [0.29, 0.717) is 11.0 Å². The Kier molecular flexibility index (Phi) is 3.93. The van der Waals surface area contributed by atoms with Crippen LogP contribution < -0.4 is 0 Å². The number of hydrogen-bond donors (Lipinski definition) is 3. The van der Waals surface area contributed by atoms with Crippen LogP contribution in [0.4, 0.5) is 4.39 Å². The number of benzene rings is 1. The largest absolute Gasteiger partial charge is 0.388 e. The van der Waals surface area contributed by atoms with Gasteiger partial charge in [-0.3, -0.25) is 4.57 Å². The van der Waals surface area contributed by atoms with Crippen LogP contribution in [0, 0.1) is 5.82 Å². The monoisotopic (exact) mass is 380 g/mol. The van der Waals surface area contributed by atoms with E-state index in [1.165, 1.54) is 16.7 Å². The molecule has 1 saturated heterocycles. The van der Waals surface area contributed by atoms with Crippen molar-refractivity contribution in [1.29, 1.82) is 0 Å². The van der Waals surface area contributed by atoms with Crippen LogP contribution in [0.5, 0.6) is 0 Å². The van der Waals surface area contributed by atoms with Gasteiger partial charge in [-0.15, -0.1) is 0 Å². The summed E-state index contributed by atoms with van der Waals surface area (Å²) in [6.07, 6.45) is -4.88. The van der Waals surface area contributed by atoms with Crippen LogP contribution in [0.1, 0.15) is 6.23 Å². The van der Waals surface area contributed by atoms with Gasteiger partial charge in [-0.2, -0.15) is 0 Å². The van der Waals surface area contributed by atoms with Crippen molar-refractivity contribution in [3.05, 3.63) is 27.7 Å². The average Bonchev–Trinajstić information content (AvgIpc) is 2.73. The molecule has 2 heterocycles. The van der Waals surface area contributed by atoms with E-state index in [-0.39, 0.29) is 16.4 Å². The number of imidazole rings is 1. The second-order valence-corrected chi connectivity index (χ2v) is 5.89. The van der Waals surface area contributed by atoms with Gasteiger partial charge < -0.3 is 20.1 Å². The van der Waals surface area contributed by atoms with Crippen LogP contribution in [0.2, 0.25) is 5.02 Å². The van der Waals surface area contributed by atoms with Crippen molar-refractivity contribution in [2.45, 2.75) is 24.5 Å². The van der Waals surface area contributed by atoms with Crippen LogP contribution in [-0.4, -0.2) is 49.8 Å². The highest BCUT2D eigenvalue weighted by molar-refractivity contribution is 9.10. The molecule has 4 atom stereocenters. The molecule has 1 aromatic heterocycles. The van der Waals surface area contributed by atoms with Crippen molar-refractivity contribution < 1.29 is 24.4 Å². The van der Waals surface area contributed by atoms with E-state index in [4.69, 9.17) is 16.3 Å². The molecular weight excluding hydrogens is 370 g/mol. The van der Waals surface area contributed by atoms with Crippen LogP contribution in [-0.2, 0) is 4.74 Å². The maximum Gasteiger partial charge on any atom is 0.180 e. The van der Waals surface area contributed by atoms with Gasteiger partial charge in [0.1, 0.15) is 24.1 Å². The molecule has 0 aliphatic carbocycles. The molecule has 0 saturated carbocycles. The Hall–Kier alpha value is -0.770. The highest BCUT2D eigenvalue weighted by atomic mass is 79.9. The number of rotatable bonds is 1. The third-order valence-electron chi connectivity index (χ3n) is 3.42. The lowest BCUT2D eigenvalue weighted by atomic mass is 10.0. The van der Waals surface area contributed by atoms with Gasteiger partial charge in [-0.25, -0.2) is 9.37 Å². The number of nitrogens with zero attached hydrogens (tertiary/aromatic N) is 2. The second-order valence-electron chi connectivity index (χ2n) is 4.78. The standard InChI is InChI=1S/C12H11BrClFN2O4/c13-12-16-6-2-5(15)4(14)1-7(6)17(12)11-10(20)9(19)8(18)3-21-11/h1-2,8-11,18-20H,3H2/t8-,9-,10-,11-/m1/s1. The van der Waals surface area contributed by atoms with Crippen LogP contribution in [0.15, 0.2) is 16.9 Å². The van der Waals surface area contributed by atoms with Crippen molar-refractivity contribution in [3.63, 3.8) is 0 Å². The lowest BCUT2D eigenvalue weighted by molar-refractivity contribution is -0.210. The SMILES string of the molecule is O[C@@H]1[C@H](O)[C@H](O)CO[C@H]1n1c(Br)nc2cc(F)c(Cl)cc21. The lowest BCUT2D eigenvalue weighted by Crippen LogP contribution is -2.50. The Bertz CT molecular complexity index is 697. The summed E-state index contributed by atoms with van der Waals surface area (Å²) in [5.74, 6) is -0.609. The van der Waals surface area contributed by atoms with Crippen molar-refractivity contribution in [2.24, 2.45) is 0 Å². The summed E-state index contributed by atoms with van der Waals surface area (Å²) in [6, 6.07) is 2.52. The summed E-state index contributed by atoms with van der Waals surface area (Å²) in [5, 5.41) is 29.2. The van der Waals surface area contributed by atoms with Crippen molar-refractivity contribution in [3.8, 4) is 0 Å². The molecule has 21 heavy (non-hydrogen) atoms. The molecule has 1 aliphatic rings. The molecule has 1 aliphatic heterocycles. The smallest absolute Gasteiger partial charge is 0.180 e. The molecule has 0 unspecified atom stereocenters. The molecule has 1 fully saturated rings. The first-order valence-corrected chi connectivity index (χ1v) is 7.25. The maximum absolute atomic E-state index is 13.5. The highest BCUT2D eigenvalue weighted by Crippen LogP contribution is 2.33. The van der Waals surface area contributed by atoms with E-state index < -0.39 is 30.4 Å². The predicted molar refractivity (Wildman–Crippen MR) is 75.4 cm³/mol. The molecule has 1 aromatic carbocycles. The molecule has 0 bridgehead atoms. The molecule has 114 valence electrons. The molecule has 2 aromatic rings. The van der Waals surface area contributed by atoms with Crippen LogP contribution >= 0.6 is 27.5 Å². The first-order valence-electron chi connectivity index (χ1n) is 6.08. The number of aliphatic hydroxyl groups is 3. The minimum Gasteiger partial charge on any atom is -0.388 e. The average molecular weight is 382 g/mol. The van der Waals surface area contributed by atoms with E-state index in [1.807, 2.05) is 0 Å². The Morgan fingerprint density at radius 2 is 2.05 bits per heavy atom. The summed E-state index contributed by atoms with van der Waals surface area (Å²) in [4.78, 5) is 4.11. The zero-order chi connectivity index (χ0) is 15.3. The van der Waals surface area contributed by atoms with Crippen molar-refractivity contribution in [1.82, 2.24) is 9.55 Å². The predicted octanol–water partition coefficient (Wildman–Crippen LogP) is 1.20. The number of ether oxygens (including phenoxy) is 1. The minimum atomic E-state index is -1.37. The van der Waals surface area contributed by atoms with Gasteiger partial charge in [0.2, 0.25) is 0 Å². The van der Waals surface area contributed by atoms with E-state index in [1.54, 1.807) is 0 Å². The molecule has 0 amide bonds. The van der Waals surface area contributed by atoms with Crippen LogP contribution in [0.3, 0.4) is 0 Å². The Morgan fingerprint density at radius 1 is 1.33 bits per heavy atom. The van der Waals surface area contributed by atoms with Crippen molar-refractivity contribution >= 4 is 38.6 Å². The fraction of sp³-hybridized carbons (Fsp3) is 0.417. The summed E-state index contributed by atoms with van der Waals surface area (Å²) >= 11 is 8.98. The zero-order valence-corrected chi connectivity index (χ0v) is 12.8. The van der Waals surface area contributed by atoms with E-state index >= 15 is 0 Å². The van der Waals surface area contributed by atoms with Gasteiger partial charge in [0.05, 0.1) is 22.7 Å². The Labute approximate surface area is 131 Å². The number of hydrogen-bond acceptors (Lipinski definition) is 5. The summed E-state index contributed by atoms with van der Waals surface area (Å²) in [6.45, 7) is -0.149. The van der Waals surface area contributed by atoms with Gasteiger partial charge in [-0.1, -0.05) is 11.6 Å². The van der Waals surface area contributed by atoms with Gasteiger partial charge in [0.25, 0.3) is 0 Å². The highest BCUT2D eigenvalue weighted by Gasteiger charge is 2.39. The summed E-state index contributed by atoms with van der Waals surface area (Å²) in [7, 11) is 0. The molecule has 9 heteroatoms. The molecule has 6 nitrogen and oxygen atoms in total. The zero-order valence-electron chi connectivity index (χ0n) is 10.4. The van der Waals surface area contributed by atoms with Gasteiger partial charge in [0.15, 0.2) is 11.0 Å². The molecular formula is C12H11BrClFN2O4. The normalized spacial score (nSPS) is 30.0. The number of fused-ring (bicyclic) bond motifs is 1. The molecule has 0 spiro atoms. The second kappa shape index (κ2) is 5.45. The fourth-order valence-corrected chi connectivity index (χ4v) is 3.06. The Balaban J connectivity index is 2.12.